The van der Waals surface area contributed by atoms with Crippen LogP contribution in [0.5, 0.6) is 5.75 Å². The van der Waals surface area contributed by atoms with Crippen molar-refractivity contribution in [3.05, 3.63) is 23.8 Å². The molecule has 2 atom stereocenters. The van der Waals surface area contributed by atoms with Crippen molar-refractivity contribution < 1.29 is 14.2 Å². The molecule has 2 aliphatic heterocycles. The zero-order valence-corrected chi connectivity index (χ0v) is 13.2. The first-order valence-corrected chi connectivity index (χ1v) is 8.76. The van der Waals surface area contributed by atoms with Crippen molar-refractivity contribution in [2.45, 2.75) is 45.1 Å². The average Bonchev–Trinajstić information content (AvgIpc) is 2.93. The molecule has 1 aromatic carbocycles. The number of nitrogens with zero attached hydrogens (tertiary/aromatic N) is 1. The van der Waals surface area contributed by atoms with Crippen LogP contribution in [-0.2, 0) is 14.5 Å². The molecule has 4 nitrogen and oxygen atoms in total. The summed E-state index contributed by atoms with van der Waals surface area (Å²) in [5.74, 6) is 0.0910. The third-order valence-corrected chi connectivity index (χ3v) is 6.96. The van der Waals surface area contributed by atoms with E-state index in [0.29, 0.717) is 11.9 Å². The molecule has 110 valence electrons. The first-order chi connectivity index (χ1) is 9.32. The van der Waals surface area contributed by atoms with E-state index in [2.05, 4.69) is 20.8 Å². The summed E-state index contributed by atoms with van der Waals surface area (Å²) in [6, 6.07) is 5.70. The van der Waals surface area contributed by atoms with Crippen LogP contribution in [-0.4, -0.2) is 29.0 Å². The third-order valence-electron chi connectivity index (χ3n) is 4.27. The molecule has 20 heavy (non-hydrogen) atoms. The fourth-order valence-electron chi connectivity index (χ4n) is 3.03. The Bertz CT molecular complexity index is 579. The second-order valence-corrected chi connectivity index (χ2v) is 9.02. The summed E-state index contributed by atoms with van der Waals surface area (Å²) in [4.78, 5) is 0. The highest BCUT2D eigenvalue weighted by molar-refractivity contribution is 7.65. The molecule has 1 aromatic rings. The van der Waals surface area contributed by atoms with Gasteiger partial charge < -0.3 is 9.63 Å². The maximum absolute atomic E-state index is 13.2. The molecule has 0 amide bonds. The van der Waals surface area contributed by atoms with Gasteiger partial charge >= 0.3 is 7.52 Å². The molecule has 0 aromatic heterocycles. The van der Waals surface area contributed by atoms with Crippen LogP contribution >= 0.6 is 7.52 Å². The minimum atomic E-state index is -3.05. The standard InChI is InChI=1S/C15H22NO3P/c1-15(2,3)11-6-7-14(13(17)9-11)20(18)16-8-4-5-12(16)10-19-20/h6-7,9,12,17H,4-5,8,10H2,1-3H3/t12-,20?/m0/s1. The maximum Gasteiger partial charge on any atom is 0.306 e. The van der Waals surface area contributed by atoms with Crippen molar-refractivity contribution in [3.8, 4) is 5.75 Å². The number of fused-ring (bicyclic) bond motifs is 1. The van der Waals surface area contributed by atoms with E-state index in [0.717, 1.165) is 24.9 Å². The van der Waals surface area contributed by atoms with Gasteiger partial charge in [0.25, 0.3) is 0 Å². The molecule has 2 heterocycles. The highest BCUT2D eigenvalue weighted by atomic mass is 31.2. The van der Waals surface area contributed by atoms with Crippen molar-refractivity contribution in [3.63, 3.8) is 0 Å². The van der Waals surface area contributed by atoms with E-state index in [1.54, 1.807) is 12.1 Å². The molecular formula is C15H22NO3P. The Morgan fingerprint density at radius 1 is 1.40 bits per heavy atom. The Balaban J connectivity index is 2.01. The molecule has 3 rings (SSSR count). The van der Waals surface area contributed by atoms with E-state index in [4.69, 9.17) is 4.52 Å². The molecule has 0 radical (unpaired) electrons. The number of benzene rings is 1. The fraction of sp³-hybridized carbons (Fsp3) is 0.600. The Hall–Kier alpha value is -0.830. The highest BCUT2D eigenvalue weighted by Crippen LogP contribution is 2.59. The maximum atomic E-state index is 13.2. The number of hydrogen-bond donors (Lipinski definition) is 1. The molecule has 0 saturated carbocycles. The number of phenolic OH excluding ortho intramolecular Hbond substituents is 1. The highest BCUT2D eigenvalue weighted by Gasteiger charge is 2.48. The molecule has 0 bridgehead atoms. The molecule has 5 heteroatoms. The third kappa shape index (κ3) is 2.11. The monoisotopic (exact) mass is 295 g/mol. The summed E-state index contributed by atoms with van der Waals surface area (Å²) in [5.41, 5.74) is 0.986. The zero-order valence-electron chi connectivity index (χ0n) is 12.3. The summed E-state index contributed by atoms with van der Waals surface area (Å²) in [7, 11) is -3.05. The summed E-state index contributed by atoms with van der Waals surface area (Å²) >= 11 is 0. The predicted octanol–water partition coefficient (Wildman–Crippen LogP) is 3.00. The zero-order chi connectivity index (χ0) is 14.5. The van der Waals surface area contributed by atoms with Crippen molar-refractivity contribution in [2.75, 3.05) is 13.2 Å². The van der Waals surface area contributed by atoms with E-state index in [9.17, 15) is 9.67 Å². The van der Waals surface area contributed by atoms with E-state index in [1.165, 1.54) is 0 Å². The first kappa shape index (κ1) is 14.1. The Kier molecular flexibility index (Phi) is 3.24. The fourth-order valence-corrected chi connectivity index (χ4v) is 5.61. The van der Waals surface area contributed by atoms with Gasteiger partial charge in [0, 0.05) is 12.6 Å². The molecule has 0 aliphatic carbocycles. The number of hydrogen-bond acceptors (Lipinski definition) is 3. The second kappa shape index (κ2) is 4.59. The lowest BCUT2D eigenvalue weighted by Crippen LogP contribution is -2.25. The Morgan fingerprint density at radius 3 is 2.80 bits per heavy atom. The predicted molar refractivity (Wildman–Crippen MR) is 79.7 cm³/mol. The lowest BCUT2D eigenvalue weighted by Gasteiger charge is -2.24. The van der Waals surface area contributed by atoms with Gasteiger partial charge in [-0.05, 0) is 36.0 Å². The van der Waals surface area contributed by atoms with Crippen molar-refractivity contribution in [1.29, 1.82) is 0 Å². The van der Waals surface area contributed by atoms with E-state index < -0.39 is 7.52 Å². The minimum Gasteiger partial charge on any atom is -0.507 e. The number of rotatable bonds is 1. The van der Waals surface area contributed by atoms with Crippen LogP contribution in [0.25, 0.3) is 0 Å². The topological polar surface area (TPSA) is 49.8 Å². The minimum absolute atomic E-state index is 0.0444. The lowest BCUT2D eigenvalue weighted by molar-refractivity contribution is 0.330. The van der Waals surface area contributed by atoms with Crippen LogP contribution in [0.2, 0.25) is 0 Å². The summed E-state index contributed by atoms with van der Waals surface area (Å²) in [6.07, 6.45) is 2.09. The van der Waals surface area contributed by atoms with Gasteiger partial charge in [-0.3, -0.25) is 4.57 Å². The molecule has 1 N–H and O–H groups in total. The summed E-state index contributed by atoms with van der Waals surface area (Å²) < 4.78 is 20.7. The van der Waals surface area contributed by atoms with Gasteiger partial charge in [-0.25, -0.2) is 4.67 Å². The molecule has 2 fully saturated rings. The van der Waals surface area contributed by atoms with Gasteiger partial charge in [-0.1, -0.05) is 26.8 Å². The molecule has 2 saturated heterocycles. The molecule has 0 spiro atoms. The second-order valence-electron chi connectivity index (χ2n) is 6.73. The van der Waals surface area contributed by atoms with Crippen LogP contribution in [0.4, 0.5) is 0 Å². The van der Waals surface area contributed by atoms with E-state index in [1.807, 2.05) is 10.7 Å². The van der Waals surface area contributed by atoms with Crippen LogP contribution in [0.1, 0.15) is 39.2 Å². The number of phenols is 1. The molecule has 2 aliphatic rings. The van der Waals surface area contributed by atoms with Crippen LogP contribution < -0.4 is 5.30 Å². The van der Waals surface area contributed by atoms with Gasteiger partial charge in [0.15, 0.2) is 0 Å². The van der Waals surface area contributed by atoms with Crippen LogP contribution in [0, 0.1) is 0 Å². The largest absolute Gasteiger partial charge is 0.507 e. The Labute approximate surface area is 120 Å². The smallest absolute Gasteiger partial charge is 0.306 e. The SMILES string of the molecule is CC(C)(C)c1ccc(P2(=O)OC[C@@H]3CCCN32)c(O)c1. The van der Waals surface area contributed by atoms with Gasteiger partial charge in [0.1, 0.15) is 5.75 Å². The lowest BCUT2D eigenvalue weighted by atomic mass is 9.87. The molecular weight excluding hydrogens is 273 g/mol. The Morgan fingerprint density at radius 2 is 2.15 bits per heavy atom. The summed E-state index contributed by atoms with van der Waals surface area (Å²) in [6.45, 7) is 7.57. The van der Waals surface area contributed by atoms with Gasteiger partial charge in [-0.15, -0.1) is 0 Å². The van der Waals surface area contributed by atoms with Crippen LogP contribution in [0.3, 0.4) is 0 Å². The number of aromatic hydroxyl groups is 1. The van der Waals surface area contributed by atoms with Crippen molar-refractivity contribution in [1.82, 2.24) is 4.67 Å². The summed E-state index contributed by atoms with van der Waals surface area (Å²) in [5, 5.41) is 10.8. The quantitative estimate of drug-likeness (QED) is 0.809. The van der Waals surface area contributed by atoms with Gasteiger partial charge in [-0.2, -0.15) is 0 Å². The van der Waals surface area contributed by atoms with E-state index >= 15 is 0 Å². The van der Waals surface area contributed by atoms with Crippen molar-refractivity contribution in [2.24, 2.45) is 0 Å². The normalized spacial score (nSPS) is 30.6. The van der Waals surface area contributed by atoms with Crippen LogP contribution in [0.15, 0.2) is 18.2 Å². The van der Waals surface area contributed by atoms with E-state index in [-0.39, 0.29) is 17.2 Å². The van der Waals surface area contributed by atoms with Crippen molar-refractivity contribution >= 4 is 12.8 Å². The van der Waals surface area contributed by atoms with Gasteiger partial charge in [0.05, 0.1) is 11.9 Å². The molecule has 1 unspecified atom stereocenters. The first-order valence-electron chi connectivity index (χ1n) is 7.18. The van der Waals surface area contributed by atoms with Gasteiger partial charge in [0.2, 0.25) is 0 Å². The average molecular weight is 295 g/mol.